The van der Waals surface area contributed by atoms with Crippen molar-refractivity contribution in [2.75, 3.05) is 32.8 Å². The normalized spacial score (nSPS) is 32.2. The van der Waals surface area contributed by atoms with E-state index in [2.05, 4.69) is 15.5 Å². The number of hydrogen-bond donors (Lipinski definition) is 2. The number of hydrogen-bond acceptors (Lipinski definition) is 4. The van der Waals surface area contributed by atoms with Gasteiger partial charge in [-0.1, -0.05) is 6.42 Å². The van der Waals surface area contributed by atoms with Crippen LogP contribution < -0.4 is 10.6 Å². The molecule has 0 radical (unpaired) electrons. The summed E-state index contributed by atoms with van der Waals surface area (Å²) in [5.41, 5.74) is 0. The van der Waals surface area contributed by atoms with Crippen LogP contribution in [0.5, 0.6) is 0 Å². The molecule has 120 valence electrons. The number of amides is 1. The average molecular weight is 295 g/mol. The number of likely N-dealkylation sites (tertiary alicyclic amines) is 1. The molecule has 3 aliphatic heterocycles. The number of piperidine rings is 1. The lowest BCUT2D eigenvalue weighted by Crippen LogP contribution is -2.54. The zero-order valence-electron chi connectivity index (χ0n) is 13.0. The third-order valence-electron chi connectivity index (χ3n) is 5.16. The lowest BCUT2D eigenvalue weighted by atomic mass is 9.94. The van der Waals surface area contributed by atoms with Gasteiger partial charge in [0.05, 0.1) is 6.54 Å². The van der Waals surface area contributed by atoms with Gasteiger partial charge in [0.25, 0.3) is 0 Å². The third kappa shape index (κ3) is 4.18. The van der Waals surface area contributed by atoms with Gasteiger partial charge in [-0.05, 0) is 51.6 Å². The Kier molecular flexibility index (Phi) is 5.49. The maximum atomic E-state index is 12.3. The van der Waals surface area contributed by atoms with E-state index in [1.165, 1.54) is 32.1 Å². The topological polar surface area (TPSA) is 53.6 Å². The number of carbonyl (C=O) groups is 1. The minimum Gasteiger partial charge on any atom is -0.381 e. The van der Waals surface area contributed by atoms with Gasteiger partial charge in [0, 0.05) is 31.3 Å². The molecule has 3 rings (SSSR count). The van der Waals surface area contributed by atoms with Crippen molar-refractivity contribution in [1.29, 1.82) is 0 Å². The molecule has 3 heterocycles. The Balaban J connectivity index is 1.50. The van der Waals surface area contributed by atoms with Crippen molar-refractivity contribution >= 4 is 5.91 Å². The molecule has 2 unspecified atom stereocenters. The van der Waals surface area contributed by atoms with Gasteiger partial charge in [0.1, 0.15) is 0 Å². The van der Waals surface area contributed by atoms with Crippen LogP contribution in [0.15, 0.2) is 0 Å². The molecule has 0 saturated carbocycles. The van der Waals surface area contributed by atoms with Crippen LogP contribution in [0, 0.1) is 0 Å². The molecule has 2 N–H and O–H groups in total. The van der Waals surface area contributed by atoms with Crippen LogP contribution in [0.2, 0.25) is 0 Å². The van der Waals surface area contributed by atoms with E-state index in [1.54, 1.807) is 0 Å². The van der Waals surface area contributed by atoms with Gasteiger partial charge < -0.3 is 15.4 Å². The monoisotopic (exact) mass is 295 g/mol. The minimum atomic E-state index is 0.201. The summed E-state index contributed by atoms with van der Waals surface area (Å²) in [6, 6.07) is 1.47. The van der Waals surface area contributed by atoms with Crippen LogP contribution >= 0.6 is 0 Å². The lowest BCUT2D eigenvalue weighted by Gasteiger charge is -2.39. The van der Waals surface area contributed by atoms with Crippen LogP contribution in [-0.2, 0) is 9.53 Å². The molecule has 21 heavy (non-hydrogen) atoms. The van der Waals surface area contributed by atoms with Crippen LogP contribution in [0.1, 0.15) is 44.9 Å². The second-order valence-electron chi connectivity index (χ2n) is 6.69. The largest absolute Gasteiger partial charge is 0.381 e. The average Bonchev–Trinajstić information content (AvgIpc) is 3.03. The highest BCUT2D eigenvalue weighted by molar-refractivity contribution is 5.78. The van der Waals surface area contributed by atoms with Crippen molar-refractivity contribution < 1.29 is 9.53 Å². The first kappa shape index (κ1) is 15.3. The fourth-order valence-corrected chi connectivity index (χ4v) is 4.01. The molecule has 3 saturated heterocycles. The standard InChI is InChI=1S/C16H29N3O2/c20-16(18-13-6-10-21-11-7-13)12-19-9-2-1-5-15(19)14-4-3-8-17-14/h13-15,17H,1-12H2,(H,18,20). The summed E-state index contributed by atoms with van der Waals surface area (Å²) in [5.74, 6) is 0.201. The van der Waals surface area contributed by atoms with E-state index in [1.807, 2.05) is 0 Å². The maximum absolute atomic E-state index is 12.3. The van der Waals surface area contributed by atoms with E-state index in [4.69, 9.17) is 4.74 Å². The molecule has 5 heteroatoms. The molecule has 0 aromatic rings. The van der Waals surface area contributed by atoms with Gasteiger partial charge in [-0.2, -0.15) is 0 Å². The molecule has 0 aromatic carbocycles. The molecular formula is C16H29N3O2. The molecule has 2 atom stereocenters. The highest BCUT2D eigenvalue weighted by Gasteiger charge is 2.32. The zero-order valence-corrected chi connectivity index (χ0v) is 13.0. The van der Waals surface area contributed by atoms with Crippen LogP contribution in [0.4, 0.5) is 0 Å². The third-order valence-corrected chi connectivity index (χ3v) is 5.16. The summed E-state index contributed by atoms with van der Waals surface area (Å²) in [6.07, 6.45) is 8.24. The molecular weight excluding hydrogens is 266 g/mol. The SMILES string of the molecule is O=C(CN1CCCCC1C1CCCN1)NC1CCOCC1. The van der Waals surface area contributed by atoms with Gasteiger partial charge in [0.15, 0.2) is 0 Å². The fourth-order valence-electron chi connectivity index (χ4n) is 4.01. The molecule has 5 nitrogen and oxygen atoms in total. The van der Waals surface area contributed by atoms with Gasteiger partial charge in [-0.25, -0.2) is 0 Å². The van der Waals surface area contributed by atoms with E-state index >= 15 is 0 Å². The number of ether oxygens (including phenoxy) is 1. The van der Waals surface area contributed by atoms with E-state index in [0.717, 1.165) is 39.1 Å². The number of nitrogens with one attached hydrogen (secondary N) is 2. The Bertz CT molecular complexity index is 338. The predicted molar refractivity (Wildman–Crippen MR) is 82.2 cm³/mol. The molecule has 0 bridgehead atoms. The van der Waals surface area contributed by atoms with Gasteiger partial charge in [-0.3, -0.25) is 9.69 Å². The second-order valence-corrected chi connectivity index (χ2v) is 6.69. The summed E-state index contributed by atoms with van der Waals surface area (Å²) < 4.78 is 5.35. The first-order chi connectivity index (χ1) is 10.3. The van der Waals surface area contributed by atoms with E-state index in [9.17, 15) is 4.79 Å². The van der Waals surface area contributed by atoms with Gasteiger partial charge in [-0.15, -0.1) is 0 Å². The Morgan fingerprint density at radius 3 is 2.76 bits per heavy atom. The summed E-state index contributed by atoms with van der Waals surface area (Å²) in [4.78, 5) is 14.7. The van der Waals surface area contributed by atoms with Crippen molar-refractivity contribution in [3.05, 3.63) is 0 Å². The van der Waals surface area contributed by atoms with Crippen molar-refractivity contribution in [2.45, 2.75) is 63.1 Å². The van der Waals surface area contributed by atoms with Crippen LogP contribution in [0.25, 0.3) is 0 Å². The van der Waals surface area contributed by atoms with Crippen LogP contribution in [-0.4, -0.2) is 61.8 Å². The van der Waals surface area contributed by atoms with Crippen molar-refractivity contribution in [1.82, 2.24) is 15.5 Å². The fraction of sp³-hybridized carbons (Fsp3) is 0.938. The smallest absolute Gasteiger partial charge is 0.234 e. The number of nitrogens with zero attached hydrogens (tertiary/aromatic N) is 1. The quantitative estimate of drug-likeness (QED) is 0.809. The molecule has 0 aromatic heterocycles. The van der Waals surface area contributed by atoms with E-state index < -0.39 is 0 Å². The molecule has 3 aliphatic rings. The van der Waals surface area contributed by atoms with Gasteiger partial charge in [0.2, 0.25) is 5.91 Å². The summed E-state index contributed by atoms with van der Waals surface area (Å²) in [6.45, 7) is 4.35. The second kappa shape index (κ2) is 7.56. The Morgan fingerprint density at radius 2 is 2.00 bits per heavy atom. The maximum Gasteiger partial charge on any atom is 0.234 e. The Hall–Kier alpha value is -0.650. The summed E-state index contributed by atoms with van der Waals surface area (Å²) in [5, 5.41) is 6.82. The van der Waals surface area contributed by atoms with Crippen molar-refractivity contribution in [3.8, 4) is 0 Å². The molecule has 0 aliphatic carbocycles. The molecule has 3 fully saturated rings. The van der Waals surface area contributed by atoms with E-state index in [0.29, 0.717) is 24.7 Å². The minimum absolute atomic E-state index is 0.201. The first-order valence-electron chi connectivity index (χ1n) is 8.67. The van der Waals surface area contributed by atoms with Crippen LogP contribution in [0.3, 0.4) is 0 Å². The van der Waals surface area contributed by atoms with Gasteiger partial charge >= 0.3 is 0 Å². The summed E-state index contributed by atoms with van der Waals surface area (Å²) >= 11 is 0. The zero-order chi connectivity index (χ0) is 14.5. The predicted octanol–water partition coefficient (Wildman–Crippen LogP) is 0.888. The highest BCUT2D eigenvalue weighted by atomic mass is 16.5. The first-order valence-corrected chi connectivity index (χ1v) is 8.67. The Morgan fingerprint density at radius 1 is 1.14 bits per heavy atom. The molecule has 1 amide bonds. The summed E-state index contributed by atoms with van der Waals surface area (Å²) in [7, 11) is 0. The molecule has 0 spiro atoms. The Labute approximate surface area is 127 Å². The number of carbonyl (C=O) groups excluding carboxylic acids is 1. The highest BCUT2D eigenvalue weighted by Crippen LogP contribution is 2.24. The van der Waals surface area contributed by atoms with E-state index in [-0.39, 0.29) is 5.91 Å². The number of rotatable bonds is 4. The van der Waals surface area contributed by atoms with Crippen molar-refractivity contribution in [3.63, 3.8) is 0 Å². The van der Waals surface area contributed by atoms with Crippen molar-refractivity contribution in [2.24, 2.45) is 0 Å². The lowest BCUT2D eigenvalue weighted by molar-refractivity contribution is -0.124.